The van der Waals surface area contributed by atoms with E-state index in [1.807, 2.05) is 31.2 Å². The fraction of sp³-hybridized carbons (Fsp3) is 0.192. The molecule has 4 aromatic rings. The Balaban J connectivity index is 1.47. The highest BCUT2D eigenvalue weighted by molar-refractivity contribution is 6.04. The molecule has 0 fully saturated rings. The Labute approximate surface area is 192 Å². The quantitative estimate of drug-likeness (QED) is 0.322. The third-order valence-corrected chi connectivity index (χ3v) is 5.16. The van der Waals surface area contributed by atoms with Gasteiger partial charge in [-0.3, -0.25) is 4.79 Å². The van der Waals surface area contributed by atoms with Gasteiger partial charge in [0, 0.05) is 29.7 Å². The second-order valence-electron chi connectivity index (χ2n) is 7.85. The first kappa shape index (κ1) is 22.2. The summed E-state index contributed by atoms with van der Waals surface area (Å²) in [4.78, 5) is 21.7. The minimum absolute atomic E-state index is 0.245. The third kappa shape index (κ3) is 5.63. The summed E-state index contributed by atoms with van der Waals surface area (Å²) in [5, 5.41) is 10.4. The van der Waals surface area contributed by atoms with Crippen molar-refractivity contribution < 1.29 is 9.18 Å². The Kier molecular flexibility index (Phi) is 6.78. The molecule has 168 valence electrons. The maximum Gasteiger partial charge on any atom is 0.255 e. The van der Waals surface area contributed by atoms with Gasteiger partial charge in [-0.15, -0.1) is 0 Å². The number of amides is 1. The van der Waals surface area contributed by atoms with Crippen LogP contribution in [0.15, 0.2) is 66.7 Å². The number of aromatic nitrogens is 2. The summed E-state index contributed by atoms with van der Waals surface area (Å²) in [6, 6.07) is 19.1. The van der Waals surface area contributed by atoms with Gasteiger partial charge in [0.05, 0.1) is 5.52 Å². The number of rotatable bonds is 8. The molecule has 33 heavy (non-hydrogen) atoms. The number of hydrogen-bond acceptors (Lipinski definition) is 5. The van der Waals surface area contributed by atoms with Gasteiger partial charge in [0.15, 0.2) is 0 Å². The molecule has 0 aliphatic carbocycles. The van der Waals surface area contributed by atoms with E-state index in [-0.39, 0.29) is 11.7 Å². The Morgan fingerprint density at radius 2 is 1.70 bits per heavy atom. The Bertz CT molecular complexity index is 1260. The average Bonchev–Trinajstić information content (AvgIpc) is 2.83. The molecule has 3 aromatic carbocycles. The Morgan fingerprint density at radius 1 is 0.939 bits per heavy atom. The summed E-state index contributed by atoms with van der Waals surface area (Å²) in [6.45, 7) is 5.49. The number of benzene rings is 3. The SMILES string of the molecule is CCCNc1nc(NCc2ccc(C(=O)Nc3ccc(F)cc3)cc2)c2cc(C)ccc2n1. The molecule has 0 saturated carbocycles. The zero-order valence-electron chi connectivity index (χ0n) is 18.7. The summed E-state index contributed by atoms with van der Waals surface area (Å²) in [5.41, 5.74) is 4.10. The molecule has 1 aromatic heterocycles. The molecule has 3 N–H and O–H groups in total. The fourth-order valence-corrected chi connectivity index (χ4v) is 3.39. The molecule has 1 heterocycles. The van der Waals surface area contributed by atoms with E-state index in [2.05, 4.69) is 38.9 Å². The van der Waals surface area contributed by atoms with Crippen molar-refractivity contribution >= 4 is 34.3 Å². The van der Waals surface area contributed by atoms with Crippen LogP contribution in [0, 0.1) is 12.7 Å². The van der Waals surface area contributed by atoms with Crippen LogP contribution in [-0.4, -0.2) is 22.4 Å². The number of nitrogens with one attached hydrogen (secondary N) is 3. The van der Waals surface area contributed by atoms with E-state index in [1.165, 1.54) is 24.3 Å². The van der Waals surface area contributed by atoms with Gasteiger partial charge >= 0.3 is 0 Å². The molecule has 0 aliphatic rings. The molecule has 7 heteroatoms. The number of halogens is 1. The van der Waals surface area contributed by atoms with Crippen molar-refractivity contribution in [3.63, 3.8) is 0 Å². The highest BCUT2D eigenvalue weighted by atomic mass is 19.1. The number of hydrogen-bond donors (Lipinski definition) is 3. The van der Waals surface area contributed by atoms with Gasteiger partial charge in [0.25, 0.3) is 5.91 Å². The highest BCUT2D eigenvalue weighted by Gasteiger charge is 2.09. The predicted molar refractivity (Wildman–Crippen MR) is 131 cm³/mol. The molecule has 0 unspecified atom stereocenters. The van der Waals surface area contributed by atoms with Crippen LogP contribution in [0.4, 0.5) is 21.8 Å². The van der Waals surface area contributed by atoms with Crippen LogP contribution < -0.4 is 16.0 Å². The van der Waals surface area contributed by atoms with E-state index in [0.29, 0.717) is 23.7 Å². The van der Waals surface area contributed by atoms with Crippen LogP contribution in [0.2, 0.25) is 0 Å². The lowest BCUT2D eigenvalue weighted by Gasteiger charge is -2.12. The van der Waals surface area contributed by atoms with Crippen LogP contribution in [0.5, 0.6) is 0 Å². The van der Waals surface area contributed by atoms with Crippen molar-refractivity contribution in [2.75, 3.05) is 22.5 Å². The summed E-state index contributed by atoms with van der Waals surface area (Å²) >= 11 is 0. The largest absolute Gasteiger partial charge is 0.365 e. The van der Waals surface area contributed by atoms with Crippen molar-refractivity contribution in [3.05, 3.63) is 89.2 Å². The molecular formula is C26H26FN5O. The van der Waals surface area contributed by atoms with Gasteiger partial charge in [0.2, 0.25) is 5.95 Å². The van der Waals surface area contributed by atoms with Gasteiger partial charge < -0.3 is 16.0 Å². The van der Waals surface area contributed by atoms with E-state index >= 15 is 0 Å². The normalized spacial score (nSPS) is 10.8. The molecule has 0 atom stereocenters. The lowest BCUT2D eigenvalue weighted by atomic mass is 10.1. The fourth-order valence-electron chi connectivity index (χ4n) is 3.39. The highest BCUT2D eigenvalue weighted by Crippen LogP contribution is 2.24. The Morgan fingerprint density at radius 3 is 2.42 bits per heavy atom. The first-order valence-electron chi connectivity index (χ1n) is 10.9. The lowest BCUT2D eigenvalue weighted by molar-refractivity contribution is 0.102. The minimum atomic E-state index is -0.343. The molecule has 1 amide bonds. The second-order valence-corrected chi connectivity index (χ2v) is 7.85. The molecule has 4 rings (SSSR count). The van der Waals surface area contributed by atoms with Crippen LogP contribution in [0.1, 0.15) is 34.8 Å². The average molecular weight is 444 g/mol. The summed E-state index contributed by atoms with van der Waals surface area (Å²) in [6.07, 6.45) is 0.985. The number of fused-ring (bicyclic) bond motifs is 1. The number of nitrogens with zero attached hydrogens (tertiary/aromatic N) is 2. The molecule has 0 saturated heterocycles. The number of anilines is 3. The van der Waals surface area contributed by atoms with E-state index in [0.717, 1.165) is 40.8 Å². The van der Waals surface area contributed by atoms with E-state index in [1.54, 1.807) is 12.1 Å². The van der Waals surface area contributed by atoms with Crippen molar-refractivity contribution in [2.24, 2.45) is 0 Å². The summed E-state index contributed by atoms with van der Waals surface area (Å²) in [5.74, 6) is 0.777. The predicted octanol–water partition coefficient (Wildman–Crippen LogP) is 5.76. The van der Waals surface area contributed by atoms with Crippen molar-refractivity contribution in [3.8, 4) is 0 Å². The molecule has 0 radical (unpaired) electrons. The standard InChI is InChI=1S/C26H26FN5O/c1-3-14-28-26-31-23-13-4-17(2)15-22(23)24(32-26)29-16-18-5-7-19(8-6-18)25(33)30-21-11-9-20(27)10-12-21/h4-13,15H,3,14,16H2,1-2H3,(H,30,33)(H2,28,29,31,32). The molecule has 0 spiro atoms. The molecule has 0 bridgehead atoms. The van der Waals surface area contributed by atoms with Crippen molar-refractivity contribution in [2.45, 2.75) is 26.8 Å². The van der Waals surface area contributed by atoms with Gasteiger partial charge in [-0.25, -0.2) is 9.37 Å². The van der Waals surface area contributed by atoms with Gasteiger partial charge in [0.1, 0.15) is 11.6 Å². The van der Waals surface area contributed by atoms with E-state index in [4.69, 9.17) is 0 Å². The van der Waals surface area contributed by atoms with E-state index in [9.17, 15) is 9.18 Å². The Hall–Kier alpha value is -4.00. The van der Waals surface area contributed by atoms with Gasteiger partial charge in [-0.1, -0.05) is 30.7 Å². The number of aryl methyl sites for hydroxylation is 1. The van der Waals surface area contributed by atoms with Crippen LogP contribution in [-0.2, 0) is 6.54 Å². The lowest BCUT2D eigenvalue weighted by Crippen LogP contribution is -2.12. The third-order valence-electron chi connectivity index (χ3n) is 5.16. The van der Waals surface area contributed by atoms with Crippen molar-refractivity contribution in [1.29, 1.82) is 0 Å². The number of carbonyl (C=O) groups excluding carboxylic acids is 1. The van der Waals surface area contributed by atoms with E-state index < -0.39 is 0 Å². The van der Waals surface area contributed by atoms with Gasteiger partial charge in [-0.05, 0) is 67.4 Å². The first-order valence-corrected chi connectivity index (χ1v) is 10.9. The topological polar surface area (TPSA) is 78.9 Å². The van der Waals surface area contributed by atoms with Crippen molar-refractivity contribution in [1.82, 2.24) is 9.97 Å². The molecular weight excluding hydrogens is 417 g/mol. The van der Waals surface area contributed by atoms with Gasteiger partial charge in [-0.2, -0.15) is 4.98 Å². The van der Waals surface area contributed by atoms with Crippen LogP contribution in [0.25, 0.3) is 10.9 Å². The molecule has 0 aliphatic heterocycles. The first-order chi connectivity index (χ1) is 16.0. The summed E-state index contributed by atoms with van der Waals surface area (Å²) < 4.78 is 13.0. The summed E-state index contributed by atoms with van der Waals surface area (Å²) in [7, 11) is 0. The maximum absolute atomic E-state index is 13.0. The second kappa shape index (κ2) is 10.1. The smallest absolute Gasteiger partial charge is 0.255 e. The number of carbonyl (C=O) groups is 1. The van der Waals surface area contributed by atoms with Crippen LogP contribution >= 0.6 is 0 Å². The zero-order chi connectivity index (χ0) is 23.2. The maximum atomic E-state index is 13.0. The zero-order valence-corrected chi connectivity index (χ0v) is 18.7. The monoisotopic (exact) mass is 443 g/mol. The minimum Gasteiger partial charge on any atom is -0.365 e. The molecule has 6 nitrogen and oxygen atoms in total. The van der Waals surface area contributed by atoms with Crippen LogP contribution in [0.3, 0.4) is 0 Å².